The van der Waals surface area contributed by atoms with E-state index in [0.29, 0.717) is 16.3 Å². The molecule has 0 unspecified atom stereocenters. The monoisotopic (exact) mass is 357 g/mol. The number of hydrogen-bond donors (Lipinski definition) is 1. The molecule has 6 heteroatoms. The van der Waals surface area contributed by atoms with Crippen molar-refractivity contribution in [1.29, 1.82) is 0 Å². The van der Waals surface area contributed by atoms with Gasteiger partial charge in [-0.25, -0.2) is 8.42 Å². The molecule has 4 rings (SSSR count). The zero-order valence-electron chi connectivity index (χ0n) is 12.4. The van der Waals surface area contributed by atoms with Crippen LogP contribution in [0.5, 0.6) is 0 Å². The Morgan fingerprint density at radius 2 is 1.54 bits per heavy atom. The van der Waals surface area contributed by atoms with Crippen molar-refractivity contribution in [2.24, 2.45) is 0 Å². The van der Waals surface area contributed by atoms with Crippen molar-refractivity contribution in [1.82, 2.24) is 0 Å². The van der Waals surface area contributed by atoms with Crippen LogP contribution in [-0.4, -0.2) is 8.42 Å². The van der Waals surface area contributed by atoms with Gasteiger partial charge in [0.1, 0.15) is 11.2 Å². The lowest BCUT2D eigenvalue weighted by Gasteiger charge is -2.08. The van der Waals surface area contributed by atoms with E-state index in [-0.39, 0.29) is 4.90 Å². The first-order valence-corrected chi connectivity index (χ1v) is 9.09. The second kappa shape index (κ2) is 5.54. The van der Waals surface area contributed by atoms with Crippen LogP contribution in [0.3, 0.4) is 0 Å². The predicted octanol–water partition coefficient (Wildman–Crippen LogP) is 5.04. The summed E-state index contributed by atoms with van der Waals surface area (Å²) in [5.41, 5.74) is 1.84. The Labute approximate surface area is 143 Å². The SMILES string of the molecule is O=S(=O)(Nc1ccc2c(c1)oc1ccccc12)c1ccc(Cl)cc1. The highest BCUT2D eigenvalue weighted by Gasteiger charge is 2.15. The molecule has 0 aliphatic carbocycles. The number of para-hydroxylation sites is 1. The zero-order valence-corrected chi connectivity index (χ0v) is 13.9. The first-order chi connectivity index (χ1) is 11.5. The fourth-order valence-corrected chi connectivity index (χ4v) is 3.79. The summed E-state index contributed by atoms with van der Waals surface area (Å²) in [5.74, 6) is 0. The van der Waals surface area contributed by atoms with Gasteiger partial charge in [0.05, 0.1) is 10.6 Å². The second-order valence-electron chi connectivity index (χ2n) is 5.37. The van der Waals surface area contributed by atoms with Crippen LogP contribution in [0, 0.1) is 0 Å². The molecule has 0 radical (unpaired) electrons. The van der Waals surface area contributed by atoms with Crippen molar-refractivity contribution in [3.05, 3.63) is 71.8 Å². The van der Waals surface area contributed by atoms with Crippen molar-refractivity contribution < 1.29 is 12.8 Å². The van der Waals surface area contributed by atoms with Gasteiger partial charge in [-0.2, -0.15) is 0 Å². The number of fused-ring (bicyclic) bond motifs is 3. The van der Waals surface area contributed by atoms with Crippen molar-refractivity contribution in [3.63, 3.8) is 0 Å². The van der Waals surface area contributed by atoms with Crippen molar-refractivity contribution in [2.75, 3.05) is 4.72 Å². The highest BCUT2D eigenvalue weighted by atomic mass is 35.5. The summed E-state index contributed by atoms with van der Waals surface area (Å²) in [4.78, 5) is 0.150. The average molecular weight is 358 g/mol. The molecule has 3 aromatic carbocycles. The van der Waals surface area contributed by atoms with Gasteiger partial charge in [-0.3, -0.25) is 4.72 Å². The van der Waals surface area contributed by atoms with Crippen molar-refractivity contribution >= 4 is 49.3 Å². The first-order valence-electron chi connectivity index (χ1n) is 7.23. The van der Waals surface area contributed by atoms with E-state index >= 15 is 0 Å². The van der Waals surface area contributed by atoms with Gasteiger partial charge in [-0.1, -0.05) is 29.8 Å². The largest absolute Gasteiger partial charge is 0.456 e. The van der Waals surface area contributed by atoms with Gasteiger partial charge in [0, 0.05) is 21.9 Å². The number of benzene rings is 3. The summed E-state index contributed by atoms with van der Waals surface area (Å²) in [6.07, 6.45) is 0. The van der Waals surface area contributed by atoms with E-state index in [1.54, 1.807) is 24.3 Å². The molecule has 0 saturated carbocycles. The van der Waals surface area contributed by atoms with E-state index in [4.69, 9.17) is 16.0 Å². The third-order valence-electron chi connectivity index (χ3n) is 3.75. The van der Waals surface area contributed by atoms with Gasteiger partial charge in [-0.05, 0) is 42.5 Å². The summed E-state index contributed by atoms with van der Waals surface area (Å²) in [7, 11) is -3.68. The highest BCUT2D eigenvalue weighted by molar-refractivity contribution is 7.92. The van der Waals surface area contributed by atoms with E-state index in [1.807, 2.05) is 30.3 Å². The van der Waals surface area contributed by atoms with Crippen LogP contribution in [0.2, 0.25) is 5.02 Å². The number of rotatable bonds is 3. The molecule has 0 atom stereocenters. The highest BCUT2D eigenvalue weighted by Crippen LogP contribution is 2.31. The van der Waals surface area contributed by atoms with E-state index in [0.717, 1.165) is 16.4 Å². The quantitative estimate of drug-likeness (QED) is 0.558. The molecule has 0 bridgehead atoms. The van der Waals surface area contributed by atoms with Crippen molar-refractivity contribution in [2.45, 2.75) is 4.90 Å². The van der Waals surface area contributed by atoms with Gasteiger partial charge in [0.25, 0.3) is 10.0 Å². The number of halogens is 1. The maximum Gasteiger partial charge on any atom is 0.261 e. The second-order valence-corrected chi connectivity index (χ2v) is 7.49. The topological polar surface area (TPSA) is 59.3 Å². The lowest BCUT2D eigenvalue weighted by Crippen LogP contribution is -2.12. The van der Waals surface area contributed by atoms with Crippen LogP contribution < -0.4 is 4.72 Å². The fraction of sp³-hybridized carbons (Fsp3) is 0. The Bertz CT molecular complexity index is 1150. The van der Waals surface area contributed by atoms with Crippen LogP contribution >= 0.6 is 11.6 Å². The zero-order chi connectivity index (χ0) is 16.7. The standard InChI is InChI=1S/C18H12ClNO3S/c19-12-5-8-14(9-6-12)24(21,22)20-13-7-10-16-15-3-1-2-4-17(15)23-18(16)11-13/h1-11,20H. The normalized spacial score (nSPS) is 11.9. The van der Waals surface area contributed by atoms with Gasteiger partial charge in [-0.15, -0.1) is 0 Å². The Morgan fingerprint density at radius 3 is 2.33 bits per heavy atom. The molecule has 0 saturated heterocycles. The number of anilines is 1. The fourth-order valence-electron chi connectivity index (χ4n) is 2.62. The average Bonchev–Trinajstić information content (AvgIpc) is 2.92. The van der Waals surface area contributed by atoms with Crippen LogP contribution in [0.25, 0.3) is 21.9 Å². The van der Waals surface area contributed by atoms with E-state index in [1.165, 1.54) is 12.1 Å². The van der Waals surface area contributed by atoms with Gasteiger partial charge in [0.15, 0.2) is 0 Å². The number of nitrogens with one attached hydrogen (secondary N) is 1. The molecule has 0 fully saturated rings. The summed E-state index contributed by atoms with van der Waals surface area (Å²) in [6.45, 7) is 0. The van der Waals surface area contributed by atoms with Crippen LogP contribution in [0.15, 0.2) is 76.0 Å². The Hall–Kier alpha value is -2.50. The van der Waals surface area contributed by atoms with Crippen molar-refractivity contribution in [3.8, 4) is 0 Å². The molecule has 0 aliphatic rings. The molecule has 1 heterocycles. The van der Waals surface area contributed by atoms with Gasteiger partial charge >= 0.3 is 0 Å². The number of furan rings is 1. The molecule has 1 aromatic heterocycles. The van der Waals surface area contributed by atoms with Crippen LogP contribution in [0.1, 0.15) is 0 Å². The van der Waals surface area contributed by atoms with Gasteiger partial charge in [0.2, 0.25) is 0 Å². The molecule has 0 amide bonds. The van der Waals surface area contributed by atoms with Crippen LogP contribution in [0.4, 0.5) is 5.69 Å². The van der Waals surface area contributed by atoms with Gasteiger partial charge < -0.3 is 4.42 Å². The number of hydrogen-bond acceptors (Lipinski definition) is 3. The summed E-state index contributed by atoms with van der Waals surface area (Å²) >= 11 is 5.80. The van der Waals surface area contributed by atoms with E-state index in [2.05, 4.69) is 4.72 Å². The van der Waals surface area contributed by atoms with Crippen LogP contribution in [-0.2, 0) is 10.0 Å². The molecular formula is C18H12ClNO3S. The molecule has 4 nitrogen and oxygen atoms in total. The summed E-state index contributed by atoms with van der Waals surface area (Å²) < 4.78 is 33.2. The number of sulfonamides is 1. The maximum absolute atomic E-state index is 12.4. The molecule has 4 aromatic rings. The summed E-state index contributed by atoms with van der Waals surface area (Å²) in [5, 5.41) is 2.43. The third-order valence-corrected chi connectivity index (χ3v) is 5.40. The lowest BCUT2D eigenvalue weighted by atomic mass is 10.1. The summed E-state index contributed by atoms with van der Waals surface area (Å²) in [6, 6.07) is 18.9. The smallest absolute Gasteiger partial charge is 0.261 e. The van der Waals surface area contributed by atoms with E-state index < -0.39 is 10.0 Å². The molecule has 0 spiro atoms. The predicted molar refractivity (Wildman–Crippen MR) is 96.0 cm³/mol. The minimum Gasteiger partial charge on any atom is -0.456 e. The lowest BCUT2D eigenvalue weighted by molar-refractivity contribution is 0.601. The molecular weight excluding hydrogens is 346 g/mol. The molecule has 24 heavy (non-hydrogen) atoms. The molecule has 120 valence electrons. The Balaban J connectivity index is 1.74. The first kappa shape index (κ1) is 15.1. The molecule has 0 aliphatic heterocycles. The maximum atomic E-state index is 12.4. The van der Waals surface area contributed by atoms with E-state index in [9.17, 15) is 8.42 Å². The Kier molecular flexibility index (Phi) is 3.48. The minimum atomic E-state index is -3.68. The third kappa shape index (κ3) is 2.62. The minimum absolute atomic E-state index is 0.150. The molecule has 1 N–H and O–H groups in total. The Morgan fingerprint density at radius 1 is 0.833 bits per heavy atom.